The number of piperidine rings is 1. The van der Waals surface area contributed by atoms with Crippen LogP contribution < -0.4 is 5.32 Å². The number of rotatable bonds is 3. The molecule has 2 aromatic rings. The van der Waals surface area contributed by atoms with Crippen molar-refractivity contribution in [2.75, 3.05) is 25.5 Å². The average Bonchev–Trinajstić information content (AvgIpc) is 3.40. The normalized spacial score (nSPS) is 25.6. The van der Waals surface area contributed by atoms with Crippen LogP contribution in [0, 0.1) is 6.92 Å². The van der Waals surface area contributed by atoms with Crippen LogP contribution in [0.1, 0.15) is 36.0 Å². The molecule has 0 amide bonds. The quantitative estimate of drug-likeness (QED) is 0.827. The number of hydrogen-bond donors (Lipinski definition) is 2. The largest absolute Gasteiger partial charge is 0.507 e. The Morgan fingerprint density at radius 3 is 2.79 bits per heavy atom. The van der Waals surface area contributed by atoms with E-state index in [-0.39, 0.29) is 17.4 Å². The molecule has 1 spiro atoms. The number of fused-ring (bicyclic) bond motifs is 1. The topological polar surface area (TPSA) is 70.5 Å². The highest BCUT2D eigenvalue weighted by Crippen LogP contribution is 2.49. The minimum atomic E-state index is -0.843. The summed E-state index contributed by atoms with van der Waals surface area (Å²) >= 11 is 0. The van der Waals surface area contributed by atoms with E-state index < -0.39 is 6.17 Å². The summed E-state index contributed by atoms with van der Waals surface area (Å²) in [5.74, 6) is 0.895. The molecule has 1 saturated carbocycles. The molecule has 2 atom stereocenters. The smallest absolute Gasteiger partial charge is 0.154 e. The van der Waals surface area contributed by atoms with Crippen LogP contribution in [0.5, 0.6) is 5.75 Å². The summed E-state index contributed by atoms with van der Waals surface area (Å²) in [6, 6.07) is 5.61. The van der Waals surface area contributed by atoms with Crippen molar-refractivity contribution in [2.45, 2.75) is 57.0 Å². The third-order valence-corrected chi connectivity index (χ3v) is 6.35. The molecule has 29 heavy (non-hydrogen) atoms. The Balaban J connectivity index is 1.53. The third kappa shape index (κ3) is 3.57. The molecule has 1 aromatic heterocycles. The van der Waals surface area contributed by atoms with Crippen molar-refractivity contribution in [3.05, 3.63) is 34.9 Å². The molecule has 2 aliphatic heterocycles. The van der Waals surface area contributed by atoms with Crippen LogP contribution in [0.15, 0.2) is 18.2 Å². The maximum absolute atomic E-state index is 14.0. The van der Waals surface area contributed by atoms with Gasteiger partial charge in [-0.15, -0.1) is 10.2 Å². The Morgan fingerprint density at radius 2 is 2.07 bits per heavy atom. The molecule has 5 rings (SSSR count). The SMILES string of the molecule is Cc1ccc(-c2nnc(N[C@@H]3C[C@@H](F)CN(C)C3)c3c2CC2(CC2)OC3)c(O)c1. The molecule has 0 unspecified atom stereocenters. The van der Waals surface area contributed by atoms with Crippen LogP contribution in [0.2, 0.25) is 0 Å². The van der Waals surface area contributed by atoms with Crippen LogP contribution in [-0.2, 0) is 17.8 Å². The zero-order chi connectivity index (χ0) is 20.2. The summed E-state index contributed by atoms with van der Waals surface area (Å²) in [7, 11) is 1.94. The summed E-state index contributed by atoms with van der Waals surface area (Å²) in [5, 5.41) is 22.9. The Bertz CT molecular complexity index is 937. The number of ether oxygens (including phenoxy) is 1. The zero-order valence-corrected chi connectivity index (χ0v) is 16.9. The van der Waals surface area contributed by atoms with Gasteiger partial charge in [-0.05, 0) is 50.1 Å². The van der Waals surface area contributed by atoms with Gasteiger partial charge < -0.3 is 20.1 Å². The Morgan fingerprint density at radius 1 is 1.24 bits per heavy atom. The van der Waals surface area contributed by atoms with Gasteiger partial charge in [-0.3, -0.25) is 0 Å². The van der Waals surface area contributed by atoms with Gasteiger partial charge in [-0.2, -0.15) is 0 Å². The van der Waals surface area contributed by atoms with E-state index in [4.69, 9.17) is 4.74 Å². The average molecular weight is 398 g/mol. The molecule has 1 aliphatic carbocycles. The second kappa shape index (κ2) is 6.92. The first-order valence-corrected chi connectivity index (χ1v) is 10.3. The second-order valence-corrected chi connectivity index (χ2v) is 8.92. The lowest BCUT2D eigenvalue weighted by Crippen LogP contribution is -2.45. The van der Waals surface area contributed by atoms with Crippen LogP contribution in [-0.4, -0.2) is 58.2 Å². The van der Waals surface area contributed by atoms with Gasteiger partial charge in [-0.1, -0.05) is 6.07 Å². The van der Waals surface area contributed by atoms with Crippen molar-refractivity contribution < 1.29 is 14.2 Å². The molecule has 3 aliphatic rings. The summed E-state index contributed by atoms with van der Waals surface area (Å²) in [4.78, 5) is 2.00. The molecule has 0 radical (unpaired) electrons. The summed E-state index contributed by atoms with van der Waals surface area (Å²) in [5.41, 5.74) is 4.40. The van der Waals surface area contributed by atoms with Crippen LogP contribution in [0.4, 0.5) is 10.2 Å². The molecule has 1 saturated heterocycles. The number of halogens is 1. The summed E-state index contributed by atoms with van der Waals surface area (Å²) in [6.07, 6.45) is 2.49. The van der Waals surface area contributed by atoms with E-state index in [1.807, 2.05) is 31.0 Å². The molecular weight excluding hydrogens is 371 g/mol. The van der Waals surface area contributed by atoms with E-state index >= 15 is 0 Å². The maximum Gasteiger partial charge on any atom is 0.154 e. The van der Waals surface area contributed by atoms with E-state index in [1.165, 1.54) is 0 Å². The van der Waals surface area contributed by atoms with Crippen molar-refractivity contribution in [2.24, 2.45) is 0 Å². The fourth-order valence-electron chi connectivity index (χ4n) is 4.63. The monoisotopic (exact) mass is 398 g/mol. The first-order valence-electron chi connectivity index (χ1n) is 10.3. The van der Waals surface area contributed by atoms with E-state index in [2.05, 4.69) is 15.5 Å². The molecular formula is C22H27FN4O2. The number of aromatic nitrogens is 2. The number of likely N-dealkylation sites (N-methyl/N-ethyl adjacent to an activating group) is 1. The lowest BCUT2D eigenvalue weighted by molar-refractivity contribution is 0.00829. The molecule has 7 heteroatoms. The number of alkyl halides is 1. The van der Waals surface area contributed by atoms with Crippen LogP contribution >= 0.6 is 0 Å². The fourth-order valence-corrected chi connectivity index (χ4v) is 4.63. The predicted octanol–water partition coefficient (Wildman–Crippen LogP) is 3.22. The highest BCUT2D eigenvalue weighted by molar-refractivity contribution is 5.73. The van der Waals surface area contributed by atoms with E-state index in [0.29, 0.717) is 31.0 Å². The van der Waals surface area contributed by atoms with E-state index in [0.717, 1.165) is 48.2 Å². The Hall–Kier alpha value is -2.25. The Kier molecular flexibility index (Phi) is 4.47. The van der Waals surface area contributed by atoms with E-state index in [1.54, 1.807) is 6.07 Å². The second-order valence-electron chi connectivity index (χ2n) is 8.92. The van der Waals surface area contributed by atoms with Gasteiger partial charge >= 0.3 is 0 Å². The van der Waals surface area contributed by atoms with Gasteiger partial charge in [-0.25, -0.2) is 4.39 Å². The summed E-state index contributed by atoms with van der Waals surface area (Å²) < 4.78 is 20.2. The summed E-state index contributed by atoms with van der Waals surface area (Å²) in [6.45, 7) is 3.65. The number of nitrogens with one attached hydrogen (secondary N) is 1. The van der Waals surface area contributed by atoms with Crippen molar-refractivity contribution >= 4 is 5.82 Å². The van der Waals surface area contributed by atoms with Gasteiger partial charge in [0.1, 0.15) is 17.6 Å². The van der Waals surface area contributed by atoms with Crippen molar-refractivity contribution in [3.63, 3.8) is 0 Å². The molecule has 2 N–H and O–H groups in total. The van der Waals surface area contributed by atoms with E-state index in [9.17, 15) is 9.50 Å². The molecule has 0 bridgehead atoms. The number of likely N-dealkylation sites (tertiary alicyclic amines) is 1. The lowest BCUT2D eigenvalue weighted by atomic mass is 9.92. The van der Waals surface area contributed by atoms with Gasteiger partial charge in [0, 0.05) is 43.1 Å². The van der Waals surface area contributed by atoms with Crippen molar-refractivity contribution in [1.82, 2.24) is 15.1 Å². The van der Waals surface area contributed by atoms with Crippen molar-refractivity contribution in [3.8, 4) is 17.0 Å². The van der Waals surface area contributed by atoms with Gasteiger partial charge in [0.2, 0.25) is 0 Å². The standard InChI is InChI=1S/C22H27FN4O2/c1-13-3-4-16(19(28)7-13)20-17-9-22(5-6-22)29-12-18(17)21(26-25-20)24-15-8-14(23)10-27(2)11-15/h3-4,7,14-15,28H,5-6,8-12H2,1-2H3,(H,24,26)/t14-,15-/m1/s1. The minimum Gasteiger partial charge on any atom is -0.507 e. The Labute approximate surface area is 170 Å². The number of phenolic OH excluding ortho intramolecular Hbond substituents is 1. The third-order valence-electron chi connectivity index (χ3n) is 6.35. The number of aryl methyl sites for hydroxylation is 1. The van der Waals surface area contributed by atoms with Crippen LogP contribution in [0.25, 0.3) is 11.3 Å². The molecule has 3 heterocycles. The van der Waals surface area contributed by atoms with Crippen LogP contribution in [0.3, 0.4) is 0 Å². The lowest BCUT2D eigenvalue weighted by Gasteiger charge is -2.34. The molecule has 6 nitrogen and oxygen atoms in total. The number of nitrogens with zero attached hydrogens (tertiary/aromatic N) is 3. The number of anilines is 1. The number of aromatic hydroxyl groups is 1. The fraction of sp³-hybridized carbons (Fsp3) is 0.545. The first kappa shape index (κ1) is 18.8. The number of benzene rings is 1. The first-order chi connectivity index (χ1) is 13.9. The van der Waals surface area contributed by atoms with Gasteiger partial charge in [0.15, 0.2) is 5.82 Å². The molecule has 1 aromatic carbocycles. The van der Waals surface area contributed by atoms with Crippen molar-refractivity contribution in [1.29, 1.82) is 0 Å². The molecule has 2 fully saturated rings. The predicted molar refractivity (Wildman–Crippen MR) is 109 cm³/mol. The number of phenols is 1. The highest BCUT2D eigenvalue weighted by atomic mass is 19.1. The highest BCUT2D eigenvalue weighted by Gasteiger charge is 2.48. The minimum absolute atomic E-state index is 0.0161. The maximum atomic E-state index is 14.0. The zero-order valence-electron chi connectivity index (χ0n) is 16.9. The van der Waals surface area contributed by atoms with Gasteiger partial charge in [0.05, 0.1) is 12.2 Å². The van der Waals surface area contributed by atoms with Gasteiger partial charge in [0.25, 0.3) is 0 Å². The number of hydrogen-bond acceptors (Lipinski definition) is 6. The molecule has 154 valence electrons.